The lowest BCUT2D eigenvalue weighted by Crippen LogP contribution is -2.71. The van der Waals surface area contributed by atoms with Gasteiger partial charge in [0.1, 0.15) is 34.2 Å². The van der Waals surface area contributed by atoms with Crippen molar-refractivity contribution in [1.82, 2.24) is 34.8 Å². The predicted octanol–water partition coefficient (Wildman–Crippen LogP) is 3.72. The number of amides is 2. The van der Waals surface area contributed by atoms with Crippen molar-refractivity contribution in [2.75, 3.05) is 11.5 Å². The van der Waals surface area contributed by atoms with E-state index in [9.17, 15) is 19.2 Å². The molecular weight excluding hydrogens is 727 g/mol. The fourth-order valence-electron chi connectivity index (χ4n) is 5.38. The highest BCUT2D eigenvalue weighted by Crippen LogP contribution is 2.42. The first-order valence-electron chi connectivity index (χ1n) is 15.5. The Kier molecular flexibility index (Phi) is 10.1. The maximum Gasteiger partial charge on any atom is 0.356 e. The van der Waals surface area contributed by atoms with E-state index in [4.69, 9.17) is 15.3 Å². The largest absolute Gasteiger partial charge is 0.448 e. The van der Waals surface area contributed by atoms with Crippen molar-refractivity contribution >= 4 is 75.2 Å². The lowest BCUT2D eigenvalue weighted by atomic mass is 10.0. The quantitative estimate of drug-likeness (QED) is 0.0377. The topological polar surface area (TPSA) is 196 Å². The van der Waals surface area contributed by atoms with Crippen LogP contribution < -0.4 is 11.1 Å². The second-order valence-corrected chi connectivity index (χ2v) is 14.0. The molecule has 0 spiro atoms. The number of fused-ring (bicyclic) bond motifs is 2. The Bertz CT molecular complexity index is 2220. The number of β-lactam (4-membered cyclic amide) rings is 1. The maximum atomic E-state index is 14.3. The number of allylic oxidation sites excluding steroid dienone is 1. The van der Waals surface area contributed by atoms with E-state index in [0.29, 0.717) is 22.1 Å². The molecule has 7 rings (SSSR count). The predicted molar refractivity (Wildman–Crippen MR) is 193 cm³/mol. The van der Waals surface area contributed by atoms with E-state index in [-0.39, 0.29) is 22.2 Å². The average molecular weight is 754 g/mol. The summed E-state index contributed by atoms with van der Waals surface area (Å²) in [5, 5.41) is 13.8. The molecule has 3 N–H and O–H groups in total. The number of hydrogen-bond donors (Lipinski definition) is 2. The number of oxime groups is 1. The first-order valence-corrected chi connectivity index (χ1v) is 18.3. The van der Waals surface area contributed by atoms with Gasteiger partial charge in [-0.2, -0.15) is 10.1 Å². The number of nitrogens with one attached hydrogen (secondary N) is 1. The summed E-state index contributed by atoms with van der Waals surface area (Å²) in [5.74, 6) is -2.10. The molecular formula is C34H27N9O6S3. The van der Waals surface area contributed by atoms with Crippen LogP contribution >= 0.6 is 34.9 Å². The van der Waals surface area contributed by atoms with Crippen molar-refractivity contribution in [2.24, 2.45) is 5.16 Å². The van der Waals surface area contributed by atoms with Crippen molar-refractivity contribution in [3.8, 4) is 0 Å². The van der Waals surface area contributed by atoms with Crippen LogP contribution in [0.25, 0.3) is 5.78 Å². The van der Waals surface area contributed by atoms with Crippen LogP contribution in [0.4, 0.5) is 5.13 Å². The number of nitrogen functional groups attached to an aromatic ring is 1. The molecule has 52 heavy (non-hydrogen) atoms. The third kappa shape index (κ3) is 7.30. The third-order valence-electron chi connectivity index (χ3n) is 7.73. The van der Waals surface area contributed by atoms with Crippen LogP contribution in [-0.2, 0) is 28.8 Å². The van der Waals surface area contributed by atoms with Gasteiger partial charge < -0.3 is 20.6 Å². The van der Waals surface area contributed by atoms with Crippen molar-refractivity contribution in [3.05, 3.63) is 124 Å². The molecule has 2 aromatic carbocycles. The van der Waals surface area contributed by atoms with E-state index >= 15 is 0 Å². The van der Waals surface area contributed by atoms with Crippen LogP contribution in [0, 0.1) is 0 Å². The number of aromatic nitrogens is 5. The minimum atomic E-state index is -1.04. The Morgan fingerprint density at radius 1 is 1.08 bits per heavy atom. The van der Waals surface area contributed by atoms with Gasteiger partial charge in [0.25, 0.3) is 17.6 Å². The van der Waals surface area contributed by atoms with Crippen molar-refractivity contribution in [1.29, 1.82) is 0 Å². The standard InChI is InChI=1S/C34H27N9O6S3/c1-19(44)49-41-25(23-17-52-33(35)38-23)29(45)40-26-30(46)43-27(32(47)48-28(20-8-4-2-5-9-20)21-10-6-3-7-11-21)22(16-51-31(26)43)13-15-50-24-12-14-42-34(39-24)36-18-37-42/h2-15,17-18,26,28,31H,16H2,1H3,(H2,35,38)(H,40,45)/b15-13+,41-25?/t26-,31-/m1/s1. The van der Waals surface area contributed by atoms with Gasteiger partial charge in [0.15, 0.2) is 16.9 Å². The van der Waals surface area contributed by atoms with Crippen LogP contribution in [-0.4, -0.2) is 76.1 Å². The molecule has 0 radical (unpaired) electrons. The monoisotopic (exact) mass is 753 g/mol. The van der Waals surface area contributed by atoms with E-state index < -0.39 is 41.3 Å². The summed E-state index contributed by atoms with van der Waals surface area (Å²) in [4.78, 5) is 71.8. The molecule has 18 heteroatoms. The molecule has 2 aliphatic heterocycles. The first-order chi connectivity index (χ1) is 25.3. The van der Waals surface area contributed by atoms with E-state index in [1.54, 1.807) is 28.3 Å². The highest BCUT2D eigenvalue weighted by Gasteiger charge is 2.54. The second kappa shape index (κ2) is 15.2. The Balaban J connectivity index is 1.18. The normalized spacial score (nSPS) is 17.3. The number of rotatable bonds is 11. The summed E-state index contributed by atoms with van der Waals surface area (Å²) >= 11 is 3.72. The molecule has 0 aliphatic carbocycles. The van der Waals surface area contributed by atoms with Gasteiger partial charge in [0.2, 0.25) is 0 Å². The summed E-state index contributed by atoms with van der Waals surface area (Å²) < 4.78 is 7.76. The molecule has 2 amide bonds. The molecule has 1 fully saturated rings. The number of anilines is 1. The number of thiazole rings is 1. The number of thioether (sulfide) groups is 2. The maximum absolute atomic E-state index is 14.3. The van der Waals surface area contributed by atoms with Gasteiger partial charge in [0, 0.05) is 24.3 Å². The van der Waals surface area contributed by atoms with Gasteiger partial charge in [-0.1, -0.05) is 77.6 Å². The number of ether oxygens (including phenoxy) is 1. The Hall–Kier alpha value is -5.85. The molecule has 2 atom stereocenters. The molecule has 15 nitrogen and oxygen atoms in total. The Labute approximate surface area is 308 Å². The zero-order valence-corrected chi connectivity index (χ0v) is 29.5. The zero-order chi connectivity index (χ0) is 36.2. The van der Waals surface area contributed by atoms with Gasteiger partial charge >= 0.3 is 11.9 Å². The number of carbonyl (C=O) groups is 4. The number of nitrogens with zero attached hydrogens (tertiary/aromatic N) is 7. The Morgan fingerprint density at radius 2 is 1.81 bits per heavy atom. The molecule has 262 valence electrons. The van der Waals surface area contributed by atoms with Gasteiger partial charge in [0.05, 0.1) is 0 Å². The summed E-state index contributed by atoms with van der Waals surface area (Å²) in [7, 11) is 0. The summed E-state index contributed by atoms with van der Waals surface area (Å²) in [6.45, 7) is 1.13. The molecule has 0 saturated carbocycles. The fraction of sp³-hybridized carbons (Fsp3) is 0.147. The van der Waals surface area contributed by atoms with E-state index in [1.165, 1.54) is 40.1 Å². The minimum Gasteiger partial charge on any atom is -0.448 e. The number of nitrogens with two attached hydrogens (primary N) is 1. The summed E-state index contributed by atoms with van der Waals surface area (Å²) in [5.41, 5.74) is 7.57. The van der Waals surface area contributed by atoms with Crippen LogP contribution in [0.1, 0.15) is 29.8 Å². The number of hydrogen-bond acceptors (Lipinski definition) is 15. The van der Waals surface area contributed by atoms with Gasteiger partial charge in [-0.15, -0.1) is 23.1 Å². The van der Waals surface area contributed by atoms with Crippen LogP contribution in [0.2, 0.25) is 0 Å². The first kappa shape index (κ1) is 34.6. The average Bonchev–Trinajstić information content (AvgIpc) is 3.81. The number of carbonyl (C=O) groups excluding carboxylic acids is 4. The lowest BCUT2D eigenvalue weighted by Gasteiger charge is -2.49. The smallest absolute Gasteiger partial charge is 0.356 e. The molecule has 0 unspecified atom stereocenters. The van der Waals surface area contributed by atoms with Crippen LogP contribution in [0.15, 0.2) is 118 Å². The molecule has 1 saturated heterocycles. The number of esters is 1. The van der Waals surface area contributed by atoms with E-state index in [0.717, 1.165) is 29.4 Å². The minimum absolute atomic E-state index is 0.0508. The van der Waals surface area contributed by atoms with Gasteiger partial charge in [-0.25, -0.2) is 24.1 Å². The van der Waals surface area contributed by atoms with Crippen LogP contribution in [0.3, 0.4) is 0 Å². The highest BCUT2D eigenvalue weighted by atomic mass is 32.2. The SMILES string of the molecule is CC(=O)ON=C(C(=O)N[C@@H]1C(=O)N2C(C(=O)OC(c3ccccc3)c3ccccc3)=C(/C=C/Sc3ccn4ncnc4n3)CS[C@H]12)c1csc(N)n1. The van der Waals surface area contributed by atoms with Crippen molar-refractivity contribution < 1.29 is 28.8 Å². The molecule has 2 aliphatic rings. The summed E-state index contributed by atoms with van der Waals surface area (Å²) in [6, 6.07) is 19.3. The second-order valence-electron chi connectivity index (χ2n) is 11.1. The fourth-order valence-corrected chi connectivity index (χ4v) is 7.89. The van der Waals surface area contributed by atoms with Crippen LogP contribution in [0.5, 0.6) is 0 Å². The molecule has 0 bridgehead atoms. The molecule has 3 aromatic heterocycles. The van der Waals surface area contributed by atoms with Gasteiger partial charge in [-0.05, 0) is 34.3 Å². The lowest BCUT2D eigenvalue weighted by molar-refractivity contribution is -0.154. The Morgan fingerprint density at radius 3 is 2.48 bits per heavy atom. The van der Waals surface area contributed by atoms with Crippen molar-refractivity contribution in [2.45, 2.75) is 29.5 Å². The highest BCUT2D eigenvalue weighted by molar-refractivity contribution is 8.02. The summed E-state index contributed by atoms with van der Waals surface area (Å²) in [6.07, 6.45) is 4.12. The molecule has 5 heterocycles. The zero-order valence-electron chi connectivity index (χ0n) is 27.1. The number of benzene rings is 2. The van der Waals surface area contributed by atoms with Crippen molar-refractivity contribution in [3.63, 3.8) is 0 Å². The van der Waals surface area contributed by atoms with E-state index in [1.807, 2.05) is 60.7 Å². The molecule has 5 aromatic rings. The van der Waals surface area contributed by atoms with E-state index in [2.05, 4.69) is 30.5 Å². The van der Waals surface area contributed by atoms with Gasteiger partial charge in [-0.3, -0.25) is 14.5 Å². The third-order valence-corrected chi connectivity index (χ3v) is 10.5.